The number of carbonyl (C=O) groups is 1. The van der Waals surface area contributed by atoms with Gasteiger partial charge >= 0.3 is 0 Å². The molecule has 2 N–H and O–H groups in total. The Balaban J connectivity index is 0.00000225. The van der Waals surface area contributed by atoms with Gasteiger partial charge in [-0.3, -0.25) is 9.59 Å². The van der Waals surface area contributed by atoms with Gasteiger partial charge in [-0.05, 0) is 49.9 Å². The van der Waals surface area contributed by atoms with Gasteiger partial charge in [-0.25, -0.2) is 0 Å². The van der Waals surface area contributed by atoms with E-state index < -0.39 is 0 Å². The molecule has 1 unspecified atom stereocenters. The third-order valence-electron chi connectivity index (χ3n) is 5.81. The molecule has 0 saturated carbocycles. The summed E-state index contributed by atoms with van der Waals surface area (Å²) in [5.41, 5.74) is 7.64. The molecule has 0 aliphatic carbocycles. The molecule has 1 aromatic heterocycles. The van der Waals surface area contributed by atoms with E-state index in [1.54, 1.807) is 0 Å². The normalized spacial score (nSPS) is 16.1. The second-order valence-corrected chi connectivity index (χ2v) is 7.53. The first-order chi connectivity index (χ1) is 13.1. The highest BCUT2D eigenvalue weighted by molar-refractivity contribution is 5.94. The average molecular weight is 400 g/mol. The van der Waals surface area contributed by atoms with Crippen LogP contribution in [0.5, 0.6) is 0 Å². The molecule has 5 nitrogen and oxygen atoms in total. The van der Waals surface area contributed by atoms with Gasteiger partial charge in [0.25, 0.3) is 0 Å². The molecule has 6 heteroatoms. The van der Waals surface area contributed by atoms with Crippen LogP contribution >= 0.6 is 12.4 Å². The molecule has 2 aromatic carbocycles. The number of nitrogens with zero attached hydrogens (tertiary/aromatic N) is 2. The van der Waals surface area contributed by atoms with Gasteiger partial charge < -0.3 is 15.2 Å². The maximum atomic E-state index is 13.0. The zero-order chi connectivity index (χ0) is 19.0. The zero-order valence-electron chi connectivity index (χ0n) is 16.0. The van der Waals surface area contributed by atoms with E-state index in [1.807, 2.05) is 64.9 Å². The lowest BCUT2D eigenvalue weighted by atomic mass is 9.91. The predicted molar refractivity (Wildman–Crippen MR) is 116 cm³/mol. The SMILES string of the molecule is CC(N)C1CCN(C(=O)Cn2c3ccccc3c(=O)c3ccccc32)CC1.Cl. The molecule has 1 saturated heterocycles. The Kier molecular flexibility index (Phi) is 6.06. The van der Waals surface area contributed by atoms with Crippen LogP contribution in [0.4, 0.5) is 0 Å². The van der Waals surface area contributed by atoms with Gasteiger partial charge in [-0.1, -0.05) is 24.3 Å². The lowest BCUT2D eigenvalue weighted by Crippen LogP contribution is -2.43. The maximum absolute atomic E-state index is 13.0. The standard InChI is InChI=1S/C22H25N3O2.ClH/c1-15(23)16-10-12-24(13-11-16)21(26)14-25-19-8-4-2-6-17(19)22(27)18-7-3-5-9-20(18)25;/h2-9,15-16H,10-14,23H2,1H3;1H. The number of carbonyl (C=O) groups excluding carboxylic acids is 1. The first-order valence-corrected chi connectivity index (χ1v) is 9.60. The number of amides is 1. The van der Waals surface area contributed by atoms with Crippen molar-refractivity contribution in [3.8, 4) is 0 Å². The molecule has 1 atom stereocenters. The maximum Gasteiger partial charge on any atom is 0.242 e. The number of benzene rings is 2. The molecule has 2 heterocycles. The minimum absolute atomic E-state index is 0. The van der Waals surface area contributed by atoms with Crippen LogP contribution in [0.2, 0.25) is 0 Å². The molecule has 1 fully saturated rings. The third-order valence-corrected chi connectivity index (χ3v) is 5.81. The lowest BCUT2D eigenvalue weighted by Gasteiger charge is -2.34. The van der Waals surface area contributed by atoms with Crippen molar-refractivity contribution >= 4 is 40.1 Å². The van der Waals surface area contributed by atoms with E-state index in [2.05, 4.69) is 0 Å². The molecule has 4 rings (SSSR count). The monoisotopic (exact) mass is 399 g/mol. The molecule has 28 heavy (non-hydrogen) atoms. The number of para-hydroxylation sites is 2. The highest BCUT2D eigenvalue weighted by Gasteiger charge is 2.25. The van der Waals surface area contributed by atoms with Crippen molar-refractivity contribution in [1.82, 2.24) is 9.47 Å². The Labute approximate surface area is 170 Å². The molecule has 1 amide bonds. The number of rotatable bonds is 3. The molecule has 148 valence electrons. The summed E-state index contributed by atoms with van der Waals surface area (Å²) in [4.78, 5) is 27.8. The van der Waals surface area contributed by atoms with E-state index in [0.29, 0.717) is 16.7 Å². The van der Waals surface area contributed by atoms with Crippen LogP contribution in [0, 0.1) is 5.92 Å². The summed E-state index contributed by atoms with van der Waals surface area (Å²) in [6.45, 7) is 3.78. The molecule has 0 bridgehead atoms. The number of halogens is 1. The number of piperidine rings is 1. The minimum atomic E-state index is 0. The van der Waals surface area contributed by atoms with Crippen molar-refractivity contribution in [2.75, 3.05) is 13.1 Å². The Bertz CT molecular complexity index is 993. The molecule has 0 spiro atoms. The summed E-state index contributed by atoms with van der Waals surface area (Å²) < 4.78 is 1.98. The van der Waals surface area contributed by atoms with E-state index in [-0.39, 0.29) is 36.3 Å². The van der Waals surface area contributed by atoms with Crippen LogP contribution in [0.25, 0.3) is 21.8 Å². The van der Waals surface area contributed by atoms with E-state index >= 15 is 0 Å². The molecular weight excluding hydrogens is 374 g/mol. The number of likely N-dealkylation sites (tertiary alicyclic amines) is 1. The smallest absolute Gasteiger partial charge is 0.242 e. The summed E-state index contributed by atoms with van der Waals surface area (Å²) in [6, 6.07) is 15.2. The highest BCUT2D eigenvalue weighted by atomic mass is 35.5. The van der Waals surface area contributed by atoms with Crippen molar-refractivity contribution in [3.05, 3.63) is 58.8 Å². The van der Waals surface area contributed by atoms with Gasteiger partial charge in [0.05, 0.1) is 11.0 Å². The van der Waals surface area contributed by atoms with Gasteiger partial charge in [0.1, 0.15) is 6.54 Å². The van der Waals surface area contributed by atoms with Crippen molar-refractivity contribution < 1.29 is 4.79 Å². The predicted octanol–water partition coefficient (Wildman–Crippen LogP) is 3.16. The number of hydrogen-bond acceptors (Lipinski definition) is 3. The van der Waals surface area contributed by atoms with Crippen LogP contribution in [0.3, 0.4) is 0 Å². The van der Waals surface area contributed by atoms with Crippen LogP contribution in [-0.2, 0) is 11.3 Å². The molecule has 1 aliphatic heterocycles. The van der Waals surface area contributed by atoms with Gasteiger partial charge in [-0.2, -0.15) is 0 Å². The first-order valence-electron chi connectivity index (χ1n) is 9.60. The van der Waals surface area contributed by atoms with Crippen LogP contribution < -0.4 is 11.2 Å². The van der Waals surface area contributed by atoms with E-state index in [0.717, 1.165) is 37.0 Å². The van der Waals surface area contributed by atoms with Crippen LogP contribution in [0.15, 0.2) is 53.3 Å². The molecule has 0 radical (unpaired) electrons. The van der Waals surface area contributed by atoms with E-state index in [4.69, 9.17) is 5.73 Å². The van der Waals surface area contributed by atoms with Crippen molar-refractivity contribution in [2.45, 2.75) is 32.4 Å². The van der Waals surface area contributed by atoms with Crippen LogP contribution in [0.1, 0.15) is 19.8 Å². The lowest BCUT2D eigenvalue weighted by molar-refractivity contribution is -0.133. The first kappa shape index (κ1) is 20.4. The van der Waals surface area contributed by atoms with E-state index in [9.17, 15) is 9.59 Å². The van der Waals surface area contributed by atoms with Crippen molar-refractivity contribution in [1.29, 1.82) is 0 Å². The number of nitrogens with two attached hydrogens (primary N) is 1. The highest BCUT2D eigenvalue weighted by Crippen LogP contribution is 2.22. The van der Waals surface area contributed by atoms with E-state index in [1.165, 1.54) is 0 Å². The number of aromatic nitrogens is 1. The summed E-state index contributed by atoms with van der Waals surface area (Å²) in [7, 11) is 0. The van der Waals surface area contributed by atoms with Crippen molar-refractivity contribution in [2.24, 2.45) is 11.7 Å². The average Bonchev–Trinajstić information content (AvgIpc) is 2.71. The molecule has 3 aromatic rings. The largest absolute Gasteiger partial charge is 0.341 e. The Morgan fingerprint density at radius 1 is 1.04 bits per heavy atom. The summed E-state index contributed by atoms with van der Waals surface area (Å²) in [5, 5.41) is 1.30. The molecule has 1 aliphatic rings. The summed E-state index contributed by atoms with van der Waals surface area (Å²) in [5.74, 6) is 0.584. The topological polar surface area (TPSA) is 68.3 Å². The minimum Gasteiger partial charge on any atom is -0.341 e. The van der Waals surface area contributed by atoms with Crippen LogP contribution in [-0.4, -0.2) is 34.5 Å². The zero-order valence-corrected chi connectivity index (χ0v) is 16.8. The Morgan fingerprint density at radius 2 is 1.54 bits per heavy atom. The number of hydrogen-bond donors (Lipinski definition) is 1. The summed E-state index contributed by atoms with van der Waals surface area (Å²) in [6.07, 6.45) is 1.91. The quantitative estimate of drug-likeness (QED) is 0.688. The van der Waals surface area contributed by atoms with Crippen molar-refractivity contribution in [3.63, 3.8) is 0 Å². The Morgan fingerprint density at radius 3 is 2.04 bits per heavy atom. The van der Waals surface area contributed by atoms with Gasteiger partial charge in [0.2, 0.25) is 5.91 Å². The third kappa shape index (κ3) is 3.64. The fourth-order valence-corrected chi connectivity index (χ4v) is 4.16. The summed E-state index contributed by atoms with van der Waals surface area (Å²) >= 11 is 0. The number of fused-ring (bicyclic) bond motifs is 2. The Hall–Kier alpha value is -2.37. The van der Waals surface area contributed by atoms with Gasteiger partial charge in [0, 0.05) is 29.9 Å². The van der Waals surface area contributed by atoms with Gasteiger partial charge in [-0.15, -0.1) is 12.4 Å². The molecular formula is C22H26ClN3O2. The fraction of sp³-hybridized carbons (Fsp3) is 0.364. The number of pyridine rings is 1. The second-order valence-electron chi connectivity index (χ2n) is 7.53. The fourth-order valence-electron chi connectivity index (χ4n) is 4.16. The van der Waals surface area contributed by atoms with Gasteiger partial charge in [0.15, 0.2) is 5.43 Å². The second kappa shape index (κ2) is 8.33.